The molecular formula is C24H28FNO3. The average molecular weight is 397 g/mol. The van der Waals surface area contributed by atoms with Crippen molar-refractivity contribution in [1.29, 1.82) is 0 Å². The van der Waals surface area contributed by atoms with Crippen LogP contribution < -0.4 is 0 Å². The summed E-state index contributed by atoms with van der Waals surface area (Å²) in [4.78, 5) is 15.2. The Morgan fingerprint density at radius 1 is 1.10 bits per heavy atom. The molecule has 2 aromatic carbocycles. The zero-order valence-corrected chi connectivity index (χ0v) is 16.7. The number of aliphatic hydroxyl groups is 1. The van der Waals surface area contributed by atoms with E-state index in [0.717, 1.165) is 25.7 Å². The van der Waals surface area contributed by atoms with E-state index in [-0.39, 0.29) is 18.2 Å². The third-order valence-electron chi connectivity index (χ3n) is 7.15. The van der Waals surface area contributed by atoms with Gasteiger partial charge in [0, 0.05) is 12.1 Å². The molecule has 154 valence electrons. The van der Waals surface area contributed by atoms with Crippen LogP contribution in [0.1, 0.15) is 36.8 Å². The molecule has 4 nitrogen and oxygen atoms in total. The van der Waals surface area contributed by atoms with Gasteiger partial charge in [0.1, 0.15) is 11.2 Å². The van der Waals surface area contributed by atoms with E-state index in [2.05, 4.69) is 11.9 Å². The number of aliphatic hydroxyl groups excluding tert-OH is 1. The van der Waals surface area contributed by atoms with Crippen LogP contribution in [0, 0.1) is 11.7 Å². The molecule has 5 atom stereocenters. The molecule has 0 aromatic heterocycles. The number of nitrogens with zero attached hydrogens (tertiary/aromatic N) is 1. The molecule has 5 heteroatoms. The second kappa shape index (κ2) is 7.88. The minimum Gasteiger partial charge on any atom is -0.480 e. The number of piperidine rings is 1. The van der Waals surface area contributed by atoms with Gasteiger partial charge in [-0.1, -0.05) is 42.5 Å². The molecular weight excluding hydrogens is 369 g/mol. The third-order valence-corrected chi connectivity index (χ3v) is 7.15. The largest absolute Gasteiger partial charge is 0.480 e. The standard InChI is InChI=1S/C24H28FNO3/c1-26-20-11-12-21(26)14-17(13-20)22(27)24(23(28)29,18-5-3-2-4-6-18)15-16-7-9-19(25)10-8-16/h2-10,17,20-22,27H,11-15H2,1H3,(H,28,29)/t17?,20-,21+,22-,24?/m1/s1. The Morgan fingerprint density at radius 3 is 2.24 bits per heavy atom. The number of halogens is 1. The summed E-state index contributed by atoms with van der Waals surface area (Å²) >= 11 is 0. The van der Waals surface area contributed by atoms with E-state index in [9.17, 15) is 19.4 Å². The second-order valence-electron chi connectivity index (χ2n) is 8.67. The van der Waals surface area contributed by atoms with Crippen LogP contribution in [0.25, 0.3) is 0 Å². The van der Waals surface area contributed by atoms with Gasteiger partial charge in [-0.05, 0) is 68.3 Å². The van der Waals surface area contributed by atoms with Gasteiger partial charge in [-0.2, -0.15) is 0 Å². The topological polar surface area (TPSA) is 60.8 Å². The van der Waals surface area contributed by atoms with Gasteiger partial charge in [0.25, 0.3) is 0 Å². The van der Waals surface area contributed by atoms with Gasteiger partial charge >= 0.3 is 5.97 Å². The molecule has 2 bridgehead atoms. The summed E-state index contributed by atoms with van der Waals surface area (Å²) in [7, 11) is 2.13. The zero-order chi connectivity index (χ0) is 20.6. The highest BCUT2D eigenvalue weighted by molar-refractivity contribution is 5.83. The Kier molecular flexibility index (Phi) is 5.45. The van der Waals surface area contributed by atoms with Gasteiger partial charge in [-0.15, -0.1) is 0 Å². The summed E-state index contributed by atoms with van der Waals surface area (Å²) in [5.74, 6) is -1.48. The summed E-state index contributed by atoms with van der Waals surface area (Å²) in [5, 5.41) is 22.0. The fraction of sp³-hybridized carbons (Fsp3) is 0.458. The Labute approximate surface area is 171 Å². The van der Waals surface area contributed by atoms with Crippen molar-refractivity contribution in [3.8, 4) is 0 Å². The monoisotopic (exact) mass is 397 g/mol. The number of rotatable bonds is 6. The van der Waals surface area contributed by atoms with Crippen molar-refractivity contribution in [2.24, 2.45) is 5.92 Å². The van der Waals surface area contributed by atoms with Crippen molar-refractivity contribution in [3.05, 3.63) is 71.5 Å². The lowest BCUT2D eigenvalue weighted by Crippen LogP contribution is -2.55. The van der Waals surface area contributed by atoms with Crippen LogP contribution in [-0.4, -0.2) is 46.3 Å². The molecule has 29 heavy (non-hydrogen) atoms. The Hall–Kier alpha value is -2.24. The molecule has 0 spiro atoms. The Balaban J connectivity index is 1.74. The summed E-state index contributed by atoms with van der Waals surface area (Å²) in [5.41, 5.74) is -0.178. The van der Waals surface area contributed by atoms with E-state index in [4.69, 9.17) is 0 Å². The molecule has 2 unspecified atom stereocenters. The van der Waals surface area contributed by atoms with Crippen LogP contribution in [0.15, 0.2) is 54.6 Å². The SMILES string of the molecule is CN1[C@@H]2CC[C@H]1CC([C@@H](O)C(Cc1ccc(F)cc1)(C(=O)O)c1ccccc1)C2. The first kappa shape index (κ1) is 20.0. The normalized spacial score (nSPS) is 27.3. The van der Waals surface area contributed by atoms with Crippen molar-refractivity contribution < 1.29 is 19.4 Å². The predicted molar refractivity (Wildman–Crippen MR) is 109 cm³/mol. The van der Waals surface area contributed by atoms with Crippen molar-refractivity contribution >= 4 is 5.97 Å². The molecule has 4 rings (SSSR count). The highest BCUT2D eigenvalue weighted by Gasteiger charge is 2.52. The number of carboxylic acids is 1. The molecule has 2 fully saturated rings. The van der Waals surface area contributed by atoms with E-state index >= 15 is 0 Å². The van der Waals surface area contributed by atoms with Gasteiger partial charge in [-0.3, -0.25) is 4.79 Å². The van der Waals surface area contributed by atoms with Crippen LogP contribution in [-0.2, 0) is 16.6 Å². The molecule has 0 aliphatic carbocycles. The number of hydrogen-bond donors (Lipinski definition) is 2. The third kappa shape index (κ3) is 3.58. The lowest BCUT2D eigenvalue weighted by atomic mass is 9.65. The van der Waals surface area contributed by atoms with E-state index in [1.165, 1.54) is 12.1 Å². The second-order valence-corrected chi connectivity index (χ2v) is 8.67. The average Bonchev–Trinajstić information content (AvgIpc) is 2.93. The summed E-state index contributed by atoms with van der Waals surface area (Å²) in [6.07, 6.45) is 2.92. The zero-order valence-electron chi connectivity index (χ0n) is 16.7. The van der Waals surface area contributed by atoms with Crippen molar-refractivity contribution in [2.75, 3.05) is 7.05 Å². The van der Waals surface area contributed by atoms with Crippen LogP contribution >= 0.6 is 0 Å². The molecule has 2 aliphatic heterocycles. The van der Waals surface area contributed by atoms with Crippen LogP contribution in [0.5, 0.6) is 0 Å². The first-order valence-electron chi connectivity index (χ1n) is 10.3. The predicted octanol–water partition coefficient (Wildman–Crippen LogP) is 3.62. The molecule has 2 aliphatic rings. The number of fused-ring (bicyclic) bond motifs is 2. The van der Waals surface area contributed by atoms with Gasteiger partial charge in [0.2, 0.25) is 0 Å². The number of carboxylic acid groups (broad SMARTS) is 1. The number of benzene rings is 2. The van der Waals surface area contributed by atoms with Crippen molar-refractivity contribution in [1.82, 2.24) is 4.90 Å². The smallest absolute Gasteiger partial charge is 0.317 e. The number of aliphatic carboxylic acids is 1. The molecule has 2 heterocycles. The van der Waals surface area contributed by atoms with E-state index in [1.807, 2.05) is 18.2 Å². The van der Waals surface area contributed by atoms with Gasteiger partial charge in [0.15, 0.2) is 0 Å². The minimum atomic E-state index is -1.47. The Bertz CT molecular complexity index is 842. The molecule has 0 amide bonds. The van der Waals surface area contributed by atoms with Gasteiger partial charge in [0.05, 0.1) is 6.10 Å². The number of hydrogen-bond acceptors (Lipinski definition) is 3. The van der Waals surface area contributed by atoms with E-state index in [0.29, 0.717) is 23.2 Å². The van der Waals surface area contributed by atoms with Gasteiger partial charge < -0.3 is 15.1 Å². The van der Waals surface area contributed by atoms with Crippen molar-refractivity contribution in [2.45, 2.75) is 55.7 Å². The quantitative estimate of drug-likeness (QED) is 0.782. The summed E-state index contributed by atoms with van der Waals surface area (Å²) in [6.45, 7) is 0. The molecule has 2 aromatic rings. The maximum Gasteiger partial charge on any atom is 0.317 e. The van der Waals surface area contributed by atoms with Crippen LogP contribution in [0.4, 0.5) is 4.39 Å². The summed E-state index contributed by atoms with van der Waals surface area (Å²) in [6, 6.07) is 15.7. The minimum absolute atomic E-state index is 0.0829. The van der Waals surface area contributed by atoms with Gasteiger partial charge in [-0.25, -0.2) is 4.39 Å². The van der Waals surface area contributed by atoms with E-state index < -0.39 is 17.5 Å². The first-order chi connectivity index (χ1) is 13.9. The lowest BCUT2D eigenvalue weighted by molar-refractivity contribution is -0.152. The molecule has 0 radical (unpaired) electrons. The van der Waals surface area contributed by atoms with E-state index in [1.54, 1.807) is 24.3 Å². The fourth-order valence-corrected chi connectivity index (χ4v) is 5.48. The fourth-order valence-electron chi connectivity index (χ4n) is 5.48. The first-order valence-corrected chi connectivity index (χ1v) is 10.3. The van der Waals surface area contributed by atoms with Crippen molar-refractivity contribution in [3.63, 3.8) is 0 Å². The van der Waals surface area contributed by atoms with Crippen LogP contribution in [0.2, 0.25) is 0 Å². The molecule has 2 saturated heterocycles. The number of carbonyl (C=O) groups is 1. The lowest BCUT2D eigenvalue weighted by Gasteiger charge is -2.44. The highest BCUT2D eigenvalue weighted by atomic mass is 19.1. The highest BCUT2D eigenvalue weighted by Crippen LogP contribution is 2.44. The van der Waals surface area contributed by atoms with Crippen LogP contribution in [0.3, 0.4) is 0 Å². The Morgan fingerprint density at radius 2 is 1.69 bits per heavy atom. The maximum atomic E-state index is 13.4. The maximum absolute atomic E-state index is 13.4. The summed E-state index contributed by atoms with van der Waals surface area (Å²) < 4.78 is 13.4. The molecule has 2 N–H and O–H groups in total. The molecule has 0 saturated carbocycles.